The molecule has 2 aromatic rings. The third-order valence-corrected chi connectivity index (χ3v) is 4.98. The fourth-order valence-electron chi connectivity index (χ4n) is 2.75. The molecule has 0 radical (unpaired) electrons. The highest BCUT2D eigenvalue weighted by Gasteiger charge is 2.25. The Morgan fingerprint density at radius 3 is 3.05 bits per heavy atom. The number of hydrogen-bond donors (Lipinski definition) is 1. The highest BCUT2D eigenvalue weighted by molar-refractivity contribution is 7.15. The summed E-state index contributed by atoms with van der Waals surface area (Å²) >= 11 is 1.82. The Bertz CT molecular complexity index is 584. The highest BCUT2D eigenvalue weighted by atomic mass is 32.1. The number of fused-ring (bicyclic) bond motifs is 1. The maximum Gasteiger partial charge on any atom is 0.168 e. The Hall–Kier alpha value is -1.20. The Labute approximate surface area is 124 Å². The number of thiazole rings is 1. The molecule has 0 saturated carbocycles. The van der Waals surface area contributed by atoms with Crippen LogP contribution in [-0.4, -0.2) is 27.1 Å². The maximum atomic E-state index is 4.91. The van der Waals surface area contributed by atoms with Crippen molar-refractivity contribution in [3.8, 4) is 10.8 Å². The minimum Gasteiger partial charge on any atom is -0.332 e. The highest BCUT2D eigenvalue weighted by Crippen LogP contribution is 2.37. The first-order valence-electron chi connectivity index (χ1n) is 7.36. The average molecular weight is 290 g/mol. The third-order valence-electron chi connectivity index (χ3n) is 3.86. The number of nitrogens with one attached hydrogen (secondary N) is 1. The predicted molar refractivity (Wildman–Crippen MR) is 83.1 cm³/mol. The number of hydrogen-bond acceptors (Lipinski definition) is 4. The minimum absolute atomic E-state index is 0.535. The van der Waals surface area contributed by atoms with E-state index in [1.54, 1.807) is 0 Å². The van der Waals surface area contributed by atoms with Crippen LogP contribution in [0.4, 0.5) is 0 Å². The second-order valence-electron chi connectivity index (χ2n) is 5.84. The molecule has 2 aromatic heterocycles. The summed E-state index contributed by atoms with van der Waals surface area (Å²) in [5.41, 5.74) is 1.31. The molecular formula is C15H22N4S. The molecule has 0 bridgehead atoms. The van der Waals surface area contributed by atoms with Crippen molar-refractivity contribution in [2.24, 2.45) is 7.05 Å². The van der Waals surface area contributed by atoms with Crippen LogP contribution in [0.1, 0.15) is 43.2 Å². The Balaban J connectivity index is 1.87. The van der Waals surface area contributed by atoms with Crippen LogP contribution >= 0.6 is 11.3 Å². The number of rotatable bonds is 4. The summed E-state index contributed by atoms with van der Waals surface area (Å²) in [5, 5.41) is 4.62. The smallest absolute Gasteiger partial charge is 0.168 e. The number of aryl methyl sites for hydroxylation is 2. The Morgan fingerprint density at radius 2 is 2.35 bits per heavy atom. The van der Waals surface area contributed by atoms with Gasteiger partial charge in [0.15, 0.2) is 10.8 Å². The first-order valence-corrected chi connectivity index (χ1v) is 8.17. The van der Waals surface area contributed by atoms with Gasteiger partial charge in [0.2, 0.25) is 0 Å². The van der Waals surface area contributed by atoms with Crippen molar-refractivity contribution in [3.63, 3.8) is 0 Å². The summed E-state index contributed by atoms with van der Waals surface area (Å²) in [5.74, 6) is 1.55. The van der Waals surface area contributed by atoms with E-state index < -0.39 is 0 Å². The van der Waals surface area contributed by atoms with E-state index in [1.165, 1.54) is 29.8 Å². The molecule has 1 unspecified atom stereocenters. The van der Waals surface area contributed by atoms with Gasteiger partial charge < -0.3 is 9.88 Å². The topological polar surface area (TPSA) is 42.7 Å². The molecule has 0 amide bonds. The van der Waals surface area contributed by atoms with Gasteiger partial charge in [-0.15, -0.1) is 11.3 Å². The van der Waals surface area contributed by atoms with Gasteiger partial charge in [-0.1, -0.05) is 13.8 Å². The van der Waals surface area contributed by atoms with Gasteiger partial charge in [0.1, 0.15) is 0 Å². The molecule has 4 nitrogen and oxygen atoms in total. The van der Waals surface area contributed by atoms with E-state index >= 15 is 0 Å². The van der Waals surface area contributed by atoms with Crippen molar-refractivity contribution < 1.29 is 0 Å². The van der Waals surface area contributed by atoms with E-state index in [1.807, 2.05) is 35.3 Å². The first kappa shape index (κ1) is 13.8. The molecule has 0 fully saturated rings. The van der Waals surface area contributed by atoms with Crippen LogP contribution in [0.3, 0.4) is 0 Å². The van der Waals surface area contributed by atoms with Gasteiger partial charge in [-0.05, 0) is 19.3 Å². The Morgan fingerprint density at radius 1 is 1.50 bits per heavy atom. The largest absolute Gasteiger partial charge is 0.332 e. The first-order chi connectivity index (χ1) is 9.65. The lowest BCUT2D eigenvalue weighted by molar-refractivity contribution is 0.475. The van der Waals surface area contributed by atoms with E-state index in [-0.39, 0.29) is 0 Å². The minimum atomic E-state index is 0.535. The standard InChI is InChI=1S/C15H22N4S/c1-10(2)17-9-11-5-4-6-12-13(11)18-15(20-12)14-16-7-8-19(14)3/h7-8,10-11,17H,4-6,9H2,1-3H3. The second kappa shape index (κ2) is 5.66. The quantitative estimate of drug-likeness (QED) is 0.941. The van der Waals surface area contributed by atoms with Crippen LogP contribution in [0.5, 0.6) is 0 Å². The summed E-state index contributed by atoms with van der Waals surface area (Å²) in [6.45, 7) is 5.43. The Kier molecular flexibility index (Phi) is 3.89. The molecule has 108 valence electrons. The molecule has 0 spiro atoms. The van der Waals surface area contributed by atoms with Crippen molar-refractivity contribution in [2.45, 2.75) is 45.1 Å². The zero-order chi connectivity index (χ0) is 14.1. The lowest BCUT2D eigenvalue weighted by Crippen LogP contribution is -2.29. The van der Waals surface area contributed by atoms with Gasteiger partial charge >= 0.3 is 0 Å². The number of aromatic nitrogens is 3. The zero-order valence-electron chi connectivity index (χ0n) is 12.4. The summed E-state index contributed by atoms with van der Waals surface area (Å²) < 4.78 is 2.05. The second-order valence-corrected chi connectivity index (χ2v) is 6.92. The molecule has 1 N–H and O–H groups in total. The SMILES string of the molecule is CC(C)NCC1CCCc2sc(-c3nccn3C)nc21. The molecule has 1 aliphatic rings. The van der Waals surface area contributed by atoms with Crippen molar-refractivity contribution in [3.05, 3.63) is 23.0 Å². The summed E-state index contributed by atoms with van der Waals surface area (Å²) in [6.07, 6.45) is 7.52. The van der Waals surface area contributed by atoms with Gasteiger partial charge in [0.25, 0.3) is 0 Å². The zero-order valence-corrected chi connectivity index (χ0v) is 13.2. The molecule has 1 atom stereocenters. The van der Waals surface area contributed by atoms with Crippen LogP contribution in [0, 0.1) is 0 Å². The van der Waals surface area contributed by atoms with Crippen LogP contribution in [-0.2, 0) is 13.5 Å². The van der Waals surface area contributed by atoms with Crippen molar-refractivity contribution in [1.29, 1.82) is 0 Å². The maximum absolute atomic E-state index is 4.91. The van der Waals surface area contributed by atoms with Crippen LogP contribution in [0.25, 0.3) is 10.8 Å². The van der Waals surface area contributed by atoms with E-state index in [2.05, 4.69) is 24.1 Å². The molecule has 3 rings (SSSR count). The molecule has 0 aromatic carbocycles. The third kappa shape index (κ3) is 2.65. The van der Waals surface area contributed by atoms with E-state index in [0.717, 1.165) is 17.4 Å². The normalized spacial score (nSPS) is 18.5. The lowest BCUT2D eigenvalue weighted by atomic mass is 9.91. The fourth-order valence-corrected chi connectivity index (χ4v) is 3.98. The molecule has 2 heterocycles. The van der Waals surface area contributed by atoms with Crippen molar-refractivity contribution >= 4 is 11.3 Å². The van der Waals surface area contributed by atoms with Crippen molar-refractivity contribution in [1.82, 2.24) is 19.9 Å². The van der Waals surface area contributed by atoms with E-state index in [0.29, 0.717) is 12.0 Å². The van der Waals surface area contributed by atoms with Gasteiger partial charge in [-0.25, -0.2) is 9.97 Å². The lowest BCUT2D eigenvalue weighted by Gasteiger charge is -2.22. The van der Waals surface area contributed by atoms with Gasteiger partial charge in [0, 0.05) is 42.8 Å². The molecule has 0 saturated heterocycles. The average Bonchev–Trinajstić information content (AvgIpc) is 3.01. The van der Waals surface area contributed by atoms with Crippen LogP contribution < -0.4 is 5.32 Å². The number of nitrogens with zero attached hydrogens (tertiary/aromatic N) is 3. The number of imidazole rings is 1. The van der Waals surface area contributed by atoms with Crippen molar-refractivity contribution in [2.75, 3.05) is 6.54 Å². The summed E-state index contributed by atoms with van der Waals surface area (Å²) in [4.78, 5) is 10.8. The molecular weight excluding hydrogens is 268 g/mol. The summed E-state index contributed by atoms with van der Waals surface area (Å²) in [6, 6.07) is 0.535. The van der Waals surface area contributed by atoms with Crippen LogP contribution in [0.15, 0.2) is 12.4 Å². The summed E-state index contributed by atoms with van der Waals surface area (Å²) in [7, 11) is 2.03. The molecule has 1 aliphatic carbocycles. The molecule has 5 heteroatoms. The van der Waals surface area contributed by atoms with E-state index in [9.17, 15) is 0 Å². The van der Waals surface area contributed by atoms with Gasteiger partial charge in [-0.3, -0.25) is 0 Å². The van der Waals surface area contributed by atoms with Gasteiger partial charge in [-0.2, -0.15) is 0 Å². The predicted octanol–water partition coefficient (Wildman–Crippen LogP) is 2.96. The monoisotopic (exact) mass is 290 g/mol. The fraction of sp³-hybridized carbons (Fsp3) is 0.600. The van der Waals surface area contributed by atoms with Crippen LogP contribution in [0.2, 0.25) is 0 Å². The molecule has 20 heavy (non-hydrogen) atoms. The van der Waals surface area contributed by atoms with E-state index in [4.69, 9.17) is 4.98 Å². The van der Waals surface area contributed by atoms with Gasteiger partial charge in [0.05, 0.1) is 5.69 Å². The molecule has 0 aliphatic heterocycles.